The summed E-state index contributed by atoms with van der Waals surface area (Å²) in [6, 6.07) is 5.59. The van der Waals surface area contributed by atoms with E-state index in [0.717, 1.165) is 11.1 Å². The Labute approximate surface area is 110 Å². The van der Waals surface area contributed by atoms with Gasteiger partial charge in [-0.25, -0.2) is 4.85 Å². The molecule has 3 nitrogen and oxygen atoms in total. The van der Waals surface area contributed by atoms with E-state index in [9.17, 15) is 4.79 Å². The van der Waals surface area contributed by atoms with Crippen LogP contribution in [0.25, 0.3) is 4.85 Å². The highest BCUT2D eigenvalue weighted by molar-refractivity contribution is 5.70. The maximum absolute atomic E-state index is 11.2. The molecule has 1 rings (SSSR count). The van der Waals surface area contributed by atoms with Crippen LogP contribution in [0.1, 0.15) is 38.3 Å². The van der Waals surface area contributed by atoms with Crippen LogP contribution in [-0.4, -0.2) is 12.6 Å². The summed E-state index contributed by atoms with van der Waals surface area (Å²) in [4.78, 5) is 14.7. The molecular formula is C15H21NO2. The first-order chi connectivity index (χ1) is 8.69. The van der Waals surface area contributed by atoms with E-state index in [1.54, 1.807) is 13.0 Å². The molecule has 0 fully saturated rings. The second-order valence-corrected chi connectivity index (χ2v) is 3.49. The van der Waals surface area contributed by atoms with Gasteiger partial charge in [0.15, 0.2) is 5.69 Å². The van der Waals surface area contributed by atoms with Crippen molar-refractivity contribution in [2.24, 2.45) is 0 Å². The zero-order valence-electron chi connectivity index (χ0n) is 11.6. The maximum Gasteiger partial charge on any atom is 0.306 e. The minimum Gasteiger partial charge on any atom is -0.466 e. The number of carbonyl (C=O) groups is 1. The van der Waals surface area contributed by atoms with E-state index in [4.69, 9.17) is 11.3 Å². The summed E-state index contributed by atoms with van der Waals surface area (Å²) in [7, 11) is 0. The molecule has 0 radical (unpaired) electrons. The Morgan fingerprint density at radius 3 is 2.61 bits per heavy atom. The van der Waals surface area contributed by atoms with E-state index < -0.39 is 0 Å². The minimum atomic E-state index is -0.207. The summed E-state index contributed by atoms with van der Waals surface area (Å²) < 4.78 is 4.86. The molecule has 0 heterocycles. The van der Waals surface area contributed by atoms with Crippen molar-refractivity contribution in [3.8, 4) is 0 Å². The Morgan fingerprint density at radius 2 is 2.06 bits per heavy atom. The van der Waals surface area contributed by atoms with Crippen LogP contribution in [-0.2, 0) is 16.0 Å². The van der Waals surface area contributed by atoms with Gasteiger partial charge < -0.3 is 4.74 Å². The molecule has 0 N–H and O–H groups in total. The topological polar surface area (TPSA) is 30.7 Å². The fraction of sp³-hybridized carbons (Fsp3) is 0.467. The number of nitrogens with zero attached hydrogens (tertiary/aromatic N) is 1. The highest BCUT2D eigenvalue weighted by atomic mass is 16.5. The lowest BCUT2D eigenvalue weighted by Gasteiger charge is -2.07. The summed E-state index contributed by atoms with van der Waals surface area (Å²) in [6.07, 6.45) is 0.907. The van der Waals surface area contributed by atoms with Gasteiger partial charge in [-0.05, 0) is 25.8 Å². The summed E-state index contributed by atoms with van der Waals surface area (Å²) in [6.45, 7) is 15.2. The molecule has 0 unspecified atom stereocenters. The highest BCUT2D eigenvalue weighted by Gasteiger charge is 2.08. The van der Waals surface area contributed by atoms with Crippen LogP contribution < -0.4 is 0 Å². The van der Waals surface area contributed by atoms with Gasteiger partial charge in [-0.3, -0.25) is 4.79 Å². The van der Waals surface area contributed by atoms with Crippen LogP contribution in [0.4, 0.5) is 5.69 Å². The van der Waals surface area contributed by atoms with Crippen molar-refractivity contribution >= 4 is 11.7 Å². The van der Waals surface area contributed by atoms with Crippen LogP contribution in [0.2, 0.25) is 0 Å². The van der Waals surface area contributed by atoms with E-state index in [2.05, 4.69) is 4.85 Å². The molecule has 0 atom stereocenters. The number of hydrogen-bond acceptors (Lipinski definition) is 2. The molecule has 0 aliphatic rings. The van der Waals surface area contributed by atoms with Gasteiger partial charge in [0.1, 0.15) is 0 Å². The van der Waals surface area contributed by atoms with Crippen molar-refractivity contribution in [1.29, 1.82) is 0 Å². The van der Waals surface area contributed by atoms with Gasteiger partial charge in [0, 0.05) is 6.42 Å². The Bertz CT molecular complexity index is 419. The van der Waals surface area contributed by atoms with Crippen molar-refractivity contribution in [2.45, 2.75) is 40.5 Å². The molecule has 18 heavy (non-hydrogen) atoms. The average Bonchev–Trinajstić information content (AvgIpc) is 2.39. The highest BCUT2D eigenvalue weighted by Crippen LogP contribution is 2.23. The van der Waals surface area contributed by atoms with Gasteiger partial charge >= 0.3 is 5.97 Å². The Balaban J connectivity index is 0.00000137. The number of carbonyl (C=O) groups excluding carboxylic acids is 1. The van der Waals surface area contributed by atoms with Crippen molar-refractivity contribution < 1.29 is 9.53 Å². The van der Waals surface area contributed by atoms with Crippen LogP contribution in [0, 0.1) is 13.5 Å². The molecule has 1 aromatic carbocycles. The van der Waals surface area contributed by atoms with Gasteiger partial charge in [0.2, 0.25) is 0 Å². The third-order valence-corrected chi connectivity index (χ3v) is 2.39. The molecule has 0 saturated heterocycles. The van der Waals surface area contributed by atoms with Crippen LogP contribution in [0.15, 0.2) is 18.2 Å². The third-order valence-electron chi connectivity index (χ3n) is 2.39. The predicted octanol–water partition coefficient (Wildman–Crippen LogP) is 4.07. The molecule has 0 saturated carbocycles. The Hall–Kier alpha value is -1.82. The first-order valence-corrected chi connectivity index (χ1v) is 6.30. The Morgan fingerprint density at radius 1 is 1.39 bits per heavy atom. The summed E-state index contributed by atoms with van der Waals surface area (Å²) in [5.41, 5.74) is 2.63. The SMILES string of the molecule is CC.[C-]#[N+]c1cccc(C)c1CCC(=O)OCC. The largest absolute Gasteiger partial charge is 0.466 e. The molecule has 0 aliphatic carbocycles. The van der Waals surface area contributed by atoms with Crippen molar-refractivity contribution in [3.63, 3.8) is 0 Å². The second-order valence-electron chi connectivity index (χ2n) is 3.49. The molecule has 0 aliphatic heterocycles. The molecule has 0 bridgehead atoms. The summed E-state index contributed by atoms with van der Waals surface area (Å²) in [5, 5.41) is 0. The molecule has 0 amide bonds. The van der Waals surface area contributed by atoms with Crippen LogP contribution >= 0.6 is 0 Å². The predicted molar refractivity (Wildman–Crippen MR) is 73.7 cm³/mol. The van der Waals surface area contributed by atoms with E-state index >= 15 is 0 Å². The monoisotopic (exact) mass is 247 g/mol. The first kappa shape index (κ1) is 16.2. The molecule has 0 spiro atoms. The second kappa shape index (κ2) is 9.23. The first-order valence-electron chi connectivity index (χ1n) is 6.30. The standard InChI is InChI=1S/C13H15NO2.C2H6/c1-4-16-13(15)9-8-11-10(2)6-5-7-12(11)14-3;1-2/h5-7H,4,8-9H2,1-2H3;1-2H3. The van der Waals surface area contributed by atoms with Gasteiger partial charge in [-0.2, -0.15) is 0 Å². The molecular weight excluding hydrogens is 226 g/mol. The third kappa shape index (κ3) is 5.01. The number of rotatable bonds is 4. The van der Waals surface area contributed by atoms with Crippen molar-refractivity contribution in [2.75, 3.05) is 6.61 Å². The van der Waals surface area contributed by atoms with Crippen molar-refractivity contribution in [3.05, 3.63) is 40.7 Å². The normalized spacial score (nSPS) is 8.83. The number of ether oxygens (including phenoxy) is 1. The average molecular weight is 247 g/mol. The van der Waals surface area contributed by atoms with Crippen LogP contribution in [0.5, 0.6) is 0 Å². The van der Waals surface area contributed by atoms with Gasteiger partial charge in [-0.15, -0.1) is 0 Å². The van der Waals surface area contributed by atoms with Gasteiger partial charge in [0.05, 0.1) is 13.2 Å². The van der Waals surface area contributed by atoms with Gasteiger partial charge in [-0.1, -0.05) is 37.6 Å². The van der Waals surface area contributed by atoms with E-state index in [1.807, 2.05) is 32.9 Å². The minimum absolute atomic E-state index is 0.207. The fourth-order valence-corrected chi connectivity index (χ4v) is 1.58. The lowest BCUT2D eigenvalue weighted by molar-refractivity contribution is -0.143. The molecule has 1 aromatic rings. The fourth-order valence-electron chi connectivity index (χ4n) is 1.58. The number of benzene rings is 1. The molecule has 0 aromatic heterocycles. The molecule has 3 heteroatoms. The van der Waals surface area contributed by atoms with Gasteiger partial charge in [0.25, 0.3) is 0 Å². The smallest absolute Gasteiger partial charge is 0.306 e. The van der Waals surface area contributed by atoms with E-state index in [-0.39, 0.29) is 5.97 Å². The zero-order valence-corrected chi connectivity index (χ0v) is 11.6. The Kier molecular flexibility index (Phi) is 8.30. The number of hydrogen-bond donors (Lipinski definition) is 0. The lowest BCUT2D eigenvalue weighted by atomic mass is 10.0. The zero-order chi connectivity index (χ0) is 14.0. The summed E-state index contributed by atoms with van der Waals surface area (Å²) in [5.74, 6) is -0.207. The van der Waals surface area contributed by atoms with E-state index in [0.29, 0.717) is 25.1 Å². The van der Waals surface area contributed by atoms with Crippen molar-refractivity contribution in [1.82, 2.24) is 0 Å². The number of aryl methyl sites for hydroxylation is 1. The summed E-state index contributed by atoms with van der Waals surface area (Å²) >= 11 is 0. The lowest BCUT2D eigenvalue weighted by Crippen LogP contribution is -2.05. The van der Waals surface area contributed by atoms with Crippen LogP contribution in [0.3, 0.4) is 0 Å². The number of esters is 1. The molecule has 98 valence electrons. The quantitative estimate of drug-likeness (QED) is 0.593. The van der Waals surface area contributed by atoms with E-state index in [1.165, 1.54) is 0 Å². The maximum atomic E-state index is 11.2.